The Morgan fingerprint density at radius 3 is 2.14 bits per heavy atom. The Morgan fingerprint density at radius 1 is 0.929 bits per heavy atom. The molecule has 0 aromatic heterocycles. The summed E-state index contributed by atoms with van der Waals surface area (Å²) in [5, 5.41) is 20.5. The summed E-state index contributed by atoms with van der Waals surface area (Å²) in [5.41, 5.74) is 3.14. The van der Waals surface area contributed by atoms with Crippen molar-refractivity contribution in [2.45, 2.75) is 13.0 Å². The van der Waals surface area contributed by atoms with E-state index < -0.39 is 0 Å². The Balaban J connectivity index is 1.69. The molecule has 0 heterocycles. The van der Waals surface area contributed by atoms with Crippen LogP contribution >= 0.6 is 0 Å². The van der Waals surface area contributed by atoms with E-state index in [1.807, 2.05) is 25.1 Å². The van der Waals surface area contributed by atoms with Crippen LogP contribution in [0.4, 0.5) is 5.69 Å². The molecule has 136 valence electrons. The first-order valence-corrected chi connectivity index (χ1v) is 8.67. The molecule has 3 aromatic carbocycles. The number of carbonyl (C=O) groups is 1. The number of hydrogen-bond donors (Lipinski definition) is 1. The average Bonchev–Trinajstić information content (AvgIpc) is 2.74. The van der Waals surface area contributed by atoms with Gasteiger partial charge in [-0.2, -0.15) is 10.5 Å². The standard InChI is InChI=1S/C23H17N3O2/c1-16(19-9-5-17(14-24)6-10-19)28-22-4-2-3-20(13-22)23(27)26-21-11-7-18(15-25)8-12-21/h2-13,16H,1H3,(H,26,27). The number of carbonyl (C=O) groups excluding carboxylic acids is 1. The predicted molar refractivity (Wildman–Crippen MR) is 106 cm³/mol. The summed E-state index contributed by atoms with van der Waals surface area (Å²) in [6, 6.07) is 24.9. The van der Waals surface area contributed by atoms with Gasteiger partial charge in [-0.3, -0.25) is 4.79 Å². The quantitative estimate of drug-likeness (QED) is 0.700. The average molecular weight is 367 g/mol. The normalized spacial score (nSPS) is 11.0. The van der Waals surface area contributed by atoms with Gasteiger partial charge >= 0.3 is 0 Å². The maximum absolute atomic E-state index is 12.5. The van der Waals surface area contributed by atoms with Gasteiger partial charge in [0, 0.05) is 11.3 Å². The summed E-state index contributed by atoms with van der Waals surface area (Å²) in [5.74, 6) is 0.311. The molecule has 5 heteroatoms. The van der Waals surface area contributed by atoms with Crippen LogP contribution < -0.4 is 10.1 Å². The molecule has 1 unspecified atom stereocenters. The Kier molecular flexibility index (Phi) is 5.69. The van der Waals surface area contributed by atoms with E-state index in [4.69, 9.17) is 15.3 Å². The molecule has 1 atom stereocenters. The first-order chi connectivity index (χ1) is 13.6. The zero-order valence-corrected chi connectivity index (χ0v) is 15.2. The minimum Gasteiger partial charge on any atom is -0.486 e. The lowest BCUT2D eigenvalue weighted by molar-refractivity contribution is 0.102. The van der Waals surface area contributed by atoms with Crippen LogP contribution in [0.3, 0.4) is 0 Å². The van der Waals surface area contributed by atoms with Gasteiger partial charge in [0.25, 0.3) is 5.91 Å². The van der Waals surface area contributed by atoms with Crippen molar-refractivity contribution in [3.8, 4) is 17.9 Å². The van der Waals surface area contributed by atoms with Gasteiger partial charge in [0.15, 0.2) is 0 Å². The number of nitriles is 2. The van der Waals surface area contributed by atoms with E-state index in [-0.39, 0.29) is 12.0 Å². The Morgan fingerprint density at radius 2 is 1.54 bits per heavy atom. The van der Waals surface area contributed by atoms with E-state index in [2.05, 4.69) is 11.4 Å². The molecular weight excluding hydrogens is 350 g/mol. The van der Waals surface area contributed by atoms with E-state index in [0.717, 1.165) is 5.56 Å². The van der Waals surface area contributed by atoms with Crippen molar-refractivity contribution < 1.29 is 9.53 Å². The zero-order valence-electron chi connectivity index (χ0n) is 15.2. The minimum atomic E-state index is -0.263. The Hall–Kier alpha value is -4.09. The number of nitrogens with one attached hydrogen (secondary N) is 1. The van der Waals surface area contributed by atoms with Gasteiger partial charge in [0.1, 0.15) is 11.9 Å². The molecule has 0 saturated carbocycles. The van der Waals surface area contributed by atoms with Crippen LogP contribution in [0.15, 0.2) is 72.8 Å². The summed E-state index contributed by atoms with van der Waals surface area (Å²) in [4.78, 5) is 12.5. The van der Waals surface area contributed by atoms with Crippen LogP contribution in [0.5, 0.6) is 5.75 Å². The first kappa shape index (κ1) is 18.7. The molecule has 0 aliphatic rings. The number of amides is 1. The second kappa shape index (κ2) is 8.53. The predicted octanol–water partition coefficient (Wildman–Crippen LogP) is 4.82. The monoisotopic (exact) mass is 367 g/mol. The highest BCUT2D eigenvalue weighted by molar-refractivity contribution is 6.04. The fraction of sp³-hybridized carbons (Fsp3) is 0.0870. The number of rotatable bonds is 5. The van der Waals surface area contributed by atoms with Gasteiger partial charge in [0.2, 0.25) is 0 Å². The number of ether oxygens (including phenoxy) is 1. The van der Waals surface area contributed by atoms with Crippen LogP contribution in [0.25, 0.3) is 0 Å². The largest absolute Gasteiger partial charge is 0.486 e. The van der Waals surface area contributed by atoms with Gasteiger partial charge in [-0.15, -0.1) is 0 Å². The van der Waals surface area contributed by atoms with Crippen LogP contribution in [-0.4, -0.2) is 5.91 Å². The van der Waals surface area contributed by atoms with Gasteiger partial charge in [-0.05, 0) is 67.1 Å². The third kappa shape index (κ3) is 4.55. The van der Waals surface area contributed by atoms with Crippen LogP contribution in [-0.2, 0) is 0 Å². The number of anilines is 1. The zero-order chi connectivity index (χ0) is 19.9. The van der Waals surface area contributed by atoms with Crippen molar-refractivity contribution in [1.29, 1.82) is 10.5 Å². The molecule has 0 fully saturated rings. The second-order valence-electron chi connectivity index (χ2n) is 6.17. The maximum atomic E-state index is 12.5. The maximum Gasteiger partial charge on any atom is 0.255 e. The van der Waals surface area contributed by atoms with E-state index in [1.54, 1.807) is 60.7 Å². The summed E-state index contributed by atoms with van der Waals surface area (Å²) < 4.78 is 5.95. The highest BCUT2D eigenvalue weighted by Crippen LogP contribution is 2.23. The van der Waals surface area contributed by atoms with Crippen LogP contribution in [0.1, 0.15) is 40.1 Å². The SMILES string of the molecule is CC(Oc1cccc(C(=O)Nc2ccc(C#N)cc2)c1)c1ccc(C#N)cc1. The molecule has 0 radical (unpaired) electrons. The fourth-order valence-electron chi connectivity index (χ4n) is 2.64. The molecule has 5 nitrogen and oxygen atoms in total. The molecule has 0 bridgehead atoms. The van der Waals surface area contributed by atoms with Crippen LogP contribution in [0.2, 0.25) is 0 Å². The minimum absolute atomic E-state index is 0.232. The van der Waals surface area contributed by atoms with Gasteiger partial charge in [-0.1, -0.05) is 18.2 Å². The molecular formula is C23H17N3O2. The summed E-state index contributed by atoms with van der Waals surface area (Å²) in [6.45, 7) is 1.91. The number of nitrogens with zero attached hydrogens (tertiary/aromatic N) is 2. The molecule has 1 amide bonds. The summed E-state index contributed by atoms with van der Waals surface area (Å²) in [7, 11) is 0. The van der Waals surface area contributed by atoms with Gasteiger partial charge < -0.3 is 10.1 Å². The number of hydrogen-bond acceptors (Lipinski definition) is 4. The molecule has 1 N–H and O–H groups in total. The molecule has 28 heavy (non-hydrogen) atoms. The topological polar surface area (TPSA) is 85.9 Å². The van der Waals surface area contributed by atoms with E-state index >= 15 is 0 Å². The second-order valence-corrected chi connectivity index (χ2v) is 6.17. The highest BCUT2D eigenvalue weighted by Gasteiger charge is 2.11. The Bertz CT molecular complexity index is 1060. The lowest BCUT2D eigenvalue weighted by Crippen LogP contribution is -2.12. The van der Waals surface area contributed by atoms with Crippen molar-refractivity contribution in [3.63, 3.8) is 0 Å². The van der Waals surface area contributed by atoms with Crippen molar-refractivity contribution in [3.05, 3.63) is 95.1 Å². The lowest BCUT2D eigenvalue weighted by atomic mass is 10.1. The van der Waals surface area contributed by atoms with Crippen molar-refractivity contribution in [2.75, 3.05) is 5.32 Å². The fourth-order valence-corrected chi connectivity index (χ4v) is 2.64. The van der Waals surface area contributed by atoms with E-state index in [9.17, 15) is 4.79 Å². The van der Waals surface area contributed by atoms with Crippen molar-refractivity contribution in [1.82, 2.24) is 0 Å². The first-order valence-electron chi connectivity index (χ1n) is 8.67. The van der Waals surface area contributed by atoms with Crippen molar-refractivity contribution in [2.24, 2.45) is 0 Å². The number of benzene rings is 3. The Labute approximate surface area is 163 Å². The smallest absolute Gasteiger partial charge is 0.255 e. The lowest BCUT2D eigenvalue weighted by Gasteiger charge is -2.16. The molecule has 0 saturated heterocycles. The molecule has 3 rings (SSSR count). The van der Waals surface area contributed by atoms with Crippen molar-refractivity contribution >= 4 is 11.6 Å². The third-order valence-corrected chi connectivity index (χ3v) is 4.19. The highest BCUT2D eigenvalue weighted by atomic mass is 16.5. The molecule has 0 aliphatic carbocycles. The summed E-state index contributed by atoms with van der Waals surface area (Å²) >= 11 is 0. The third-order valence-electron chi connectivity index (χ3n) is 4.19. The summed E-state index contributed by atoms with van der Waals surface area (Å²) in [6.07, 6.45) is -0.232. The van der Waals surface area contributed by atoms with Gasteiger partial charge in [-0.25, -0.2) is 0 Å². The van der Waals surface area contributed by atoms with Crippen LogP contribution in [0, 0.1) is 22.7 Å². The van der Waals surface area contributed by atoms with E-state index in [0.29, 0.717) is 28.1 Å². The molecule has 0 spiro atoms. The van der Waals surface area contributed by atoms with Gasteiger partial charge in [0.05, 0.1) is 23.3 Å². The molecule has 0 aliphatic heterocycles. The van der Waals surface area contributed by atoms with E-state index in [1.165, 1.54) is 0 Å². The molecule has 3 aromatic rings.